The first-order chi connectivity index (χ1) is 7.16. The molecule has 1 atom stereocenters. The Morgan fingerprint density at radius 1 is 1.60 bits per heavy atom. The molecule has 1 rings (SSSR count). The number of methoxy groups -OCH3 is 1. The van der Waals surface area contributed by atoms with E-state index in [9.17, 15) is 5.11 Å². The second kappa shape index (κ2) is 5.68. The molecule has 84 valence electrons. The van der Waals surface area contributed by atoms with E-state index in [4.69, 9.17) is 4.74 Å². The number of hydrogen-bond acceptors (Lipinski definition) is 4. The van der Waals surface area contributed by atoms with Crippen LogP contribution in [0.3, 0.4) is 0 Å². The van der Waals surface area contributed by atoms with Crippen molar-refractivity contribution in [1.82, 2.24) is 4.98 Å². The molecule has 0 aliphatic carbocycles. The fourth-order valence-corrected chi connectivity index (χ4v) is 1.39. The van der Waals surface area contributed by atoms with E-state index in [1.807, 2.05) is 24.1 Å². The third-order valence-corrected chi connectivity index (χ3v) is 2.26. The minimum Gasteiger partial charge on any atom is -0.389 e. The molecule has 0 amide bonds. The number of rotatable bonds is 5. The van der Waals surface area contributed by atoms with Crippen molar-refractivity contribution in [1.29, 1.82) is 0 Å². The fourth-order valence-electron chi connectivity index (χ4n) is 1.39. The second-order valence-electron chi connectivity index (χ2n) is 3.51. The molecule has 1 aromatic heterocycles. The predicted molar refractivity (Wildman–Crippen MR) is 60.0 cm³/mol. The molecule has 4 nitrogen and oxygen atoms in total. The molecule has 0 aliphatic heterocycles. The zero-order chi connectivity index (χ0) is 11.3. The van der Waals surface area contributed by atoms with Crippen LogP contribution in [0.4, 0.5) is 5.82 Å². The van der Waals surface area contributed by atoms with Crippen molar-refractivity contribution in [3.63, 3.8) is 0 Å². The van der Waals surface area contributed by atoms with Gasteiger partial charge in [-0.25, -0.2) is 4.98 Å². The van der Waals surface area contributed by atoms with Crippen LogP contribution in [-0.4, -0.2) is 37.4 Å². The summed E-state index contributed by atoms with van der Waals surface area (Å²) in [5.74, 6) is 0.810. The number of ether oxygens (including phenoxy) is 1. The van der Waals surface area contributed by atoms with E-state index in [2.05, 4.69) is 4.98 Å². The molecule has 0 aromatic carbocycles. The maximum absolute atomic E-state index is 9.58. The van der Waals surface area contributed by atoms with Crippen LogP contribution in [0.2, 0.25) is 0 Å². The van der Waals surface area contributed by atoms with Crippen LogP contribution in [0.5, 0.6) is 0 Å². The van der Waals surface area contributed by atoms with Crippen LogP contribution in [0.15, 0.2) is 18.3 Å². The van der Waals surface area contributed by atoms with Crippen molar-refractivity contribution in [2.75, 3.05) is 32.2 Å². The molecule has 0 radical (unpaired) electrons. The molecule has 0 spiro atoms. The summed E-state index contributed by atoms with van der Waals surface area (Å²) in [6.07, 6.45) is 1.23. The smallest absolute Gasteiger partial charge is 0.134 e. The van der Waals surface area contributed by atoms with Crippen molar-refractivity contribution in [2.45, 2.75) is 13.0 Å². The van der Waals surface area contributed by atoms with E-state index >= 15 is 0 Å². The summed E-state index contributed by atoms with van der Waals surface area (Å²) in [4.78, 5) is 6.24. The van der Waals surface area contributed by atoms with Crippen LogP contribution in [-0.2, 0) is 4.74 Å². The molecule has 0 aliphatic rings. The van der Waals surface area contributed by atoms with Gasteiger partial charge in [0.05, 0.1) is 12.7 Å². The van der Waals surface area contributed by atoms with Crippen LogP contribution >= 0.6 is 0 Å². The van der Waals surface area contributed by atoms with Gasteiger partial charge in [-0.15, -0.1) is 0 Å². The number of pyridine rings is 1. The van der Waals surface area contributed by atoms with E-state index in [-0.39, 0.29) is 0 Å². The molecular weight excluding hydrogens is 192 g/mol. The van der Waals surface area contributed by atoms with Gasteiger partial charge in [-0.3, -0.25) is 0 Å². The van der Waals surface area contributed by atoms with Gasteiger partial charge in [-0.2, -0.15) is 0 Å². The highest BCUT2D eigenvalue weighted by atomic mass is 16.5. The minimum absolute atomic E-state index is 0.501. The Kier molecular flexibility index (Phi) is 4.52. The Morgan fingerprint density at radius 3 is 2.93 bits per heavy atom. The SMILES string of the molecule is COCCN(C)c1ncccc1[C@H](C)O. The lowest BCUT2D eigenvalue weighted by molar-refractivity contribution is 0.197. The third kappa shape index (κ3) is 3.18. The molecule has 4 heteroatoms. The van der Waals surface area contributed by atoms with Crippen LogP contribution < -0.4 is 4.90 Å². The Hall–Kier alpha value is -1.13. The molecule has 0 saturated carbocycles. The van der Waals surface area contributed by atoms with Crippen molar-refractivity contribution < 1.29 is 9.84 Å². The van der Waals surface area contributed by atoms with Gasteiger partial charge in [-0.05, 0) is 13.0 Å². The lowest BCUT2D eigenvalue weighted by Gasteiger charge is -2.21. The van der Waals surface area contributed by atoms with E-state index in [1.165, 1.54) is 0 Å². The molecule has 1 N–H and O–H groups in total. The lowest BCUT2D eigenvalue weighted by atomic mass is 10.1. The predicted octanol–water partition coefficient (Wildman–Crippen LogP) is 1.22. The zero-order valence-electron chi connectivity index (χ0n) is 9.47. The summed E-state index contributed by atoms with van der Waals surface area (Å²) in [5.41, 5.74) is 0.844. The zero-order valence-corrected chi connectivity index (χ0v) is 9.47. The van der Waals surface area contributed by atoms with Crippen molar-refractivity contribution in [3.8, 4) is 0 Å². The summed E-state index contributed by atoms with van der Waals surface area (Å²) in [6.45, 7) is 3.14. The first kappa shape index (κ1) is 11.9. The molecule has 1 heterocycles. The number of hydrogen-bond donors (Lipinski definition) is 1. The molecule has 1 aromatic rings. The Balaban J connectivity index is 2.82. The van der Waals surface area contributed by atoms with Crippen molar-refractivity contribution >= 4 is 5.82 Å². The lowest BCUT2D eigenvalue weighted by Crippen LogP contribution is -2.24. The van der Waals surface area contributed by atoms with Crippen LogP contribution in [0, 0.1) is 0 Å². The average molecular weight is 210 g/mol. The first-order valence-electron chi connectivity index (χ1n) is 5.00. The van der Waals surface area contributed by atoms with E-state index in [0.717, 1.165) is 17.9 Å². The highest BCUT2D eigenvalue weighted by molar-refractivity contribution is 5.46. The normalized spacial score (nSPS) is 12.5. The van der Waals surface area contributed by atoms with Gasteiger partial charge in [0.15, 0.2) is 0 Å². The number of anilines is 1. The van der Waals surface area contributed by atoms with Gasteiger partial charge in [0, 0.05) is 32.5 Å². The highest BCUT2D eigenvalue weighted by Gasteiger charge is 2.11. The Morgan fingerprint density at radius 2 is 2.33 bits per heavy atom. The van der Waals surface area contributed by atoms with Crippen LogP contribution in [0.1, 0.15) is 18.6 Å². The van der Waals surface area contributed by atoms with Gasteiger partial charge < -0.3 is 14.7 Å². The fraction of sp³-hybridized carbons (Fsp3) is 0.545. The second-order valence-corrected chi connectivity index (χ2v) is 3.51. The maximum Gasteiger partial charge on any atom is 0.134 e. The number of aromatic nitrogens is 1. The molecule has 0 unspecified atom stereocenters. The monoisotopic (exact) mass is 210 g/mol. The van der Waals surface area contributed by atoms with Gasteiger partial charge in [0.2, 0.25) is 0 Å². The summed E-state index contributed by atoms with van der Waals surface area (Å²) < 4.78 is 5.00. The highest BCUT2D eigenvalue weighted by Crippen LogP contribution is 2.22. The molecule has 0 fully saturated rings. The number of likely N-dealkylation sites (N-methyl/N-ethyl adjacent to an activating group) is 1. The van der Waals surface area contributed by atoms with Crippen LogP contribution in [0.25, 0.3) is 0 Å². The topological polar surface area (TPSA) is 45.6 Å². The third-order valence-electron chi connectivity index (χ3n) is 2.26. The number of aliphatic hydroxyl groups is 1. The summed E-state index contributed by atoms with van der Waals surface area (Å²) in [6, 6.07) is 3.71. The maximum atomic E-state index is 9.58. The van der Waals surface area contributed by atoms with E-state index < -0.39 is 6.10 Å². The van der Waals surface area contributed by atoms with Gasteiger partial charge in [0.1, 0.15) is 5.82 Å². The number of nitrogens with zero attached hydrogens (tertiary/aromatic N) is 2. The molecule has 15 heavy (non-hydrogen) atoms. The quantitative estimate of drug-likeness (QED) is 0.793. The Bertz CT molecular complexity index is 302. The average Bonchev–Trinajstić information content (AvgIpc) is 2.25. The number of aliphatic hydroxyl groups excluding tert-OH is 1. The summed E-state index contributed by atoms with van der Waals surface area (Å²) in [5, 5.41) is 9.58. The largest absolute Gasteiger partial charge is 0.389 e. The van der Waals surface area contributed by atoms with Gasteiger partial charge in [0.25, 0.3) is 0 Å². The van der Waals surface area contributed by atoms with E-state index in [1.54, 1.807) is 20.2 Å². The first-order valence-corrected chi connectivity index (χ1v) is 5.00. The van der Waals surface area contributed by atoms with Crippen molar-refractivity contribution in [3.05, 3.63) is 23.9 Å². The Labute approximate surface area is 90.5 Å². The summed E-state index contributed by atoms with van der Waals surface area (Å²) in [7, 11) is 3.61. The van der Waals surface area contributed by atoms with Gasteiger partial charge in [-0.1, -0.05) is 6.07 Å². The molecule has 0 saturated heterocycles. The molecule has 0 bridgehead atoms. The molecular formula is C11H18N2O2. The van der Waals surface area contributed by atoms with Gasteiger partial charge >= 0.3 is 0 Å². The standard InChI is InChI=1S/C11H18N2O2/c1-9(14)10-5-4-6-12-11(10)13(2)7-8-15-3/h4-6,9,14H,7-8H2,1-3H3/t9-/m0/s1. The summed E-state index contributed by atoms with van der Waals surface area (Å²) >= 11 is 0. The van der Waals surface area contributed by atoms with Crippen molar-refractivity contribution in [2.24, 2.45) is 0 Å². The van der Waals surface area contributed by atoms with E-state index in [0.29, 0.717) is 6.61 Å². The minimum atomic E-state index is -0.501.